The van der Waals surface area contributed by atoms with Gasteiger partial charge < -0.3 is 23.7 Å². The van der Waals surface area contributed by atoms with Crippen molar-refractivity contribution >= 4 is 28.2 Å². The van der Waals surface area contributed by atoms with E-state index in [-0.39, 0.29) is 30.9 Å². The Bertz CT molecular complexity index is 1230. The molecular weight excluding hydrogens is 446 g/mol. The van der Waals surface area contributed by atoms with Gasteiger partial charge >= 0.3 is 5.97 Å². The largest absolute Gasteiger partial charge is 0.497 e. The molecule has 0 atom stereocenters. The highest BCUT2D eigenvalue weighted by molar-refractivity contribution is 7.15. The molecule has 0 aliphatic carbocycles. The van der Waals surface area contributed by atoms with E-state index in [2.05, 4.69) is 15.5 Å². The zero-order valence-corrected chi connectivity index (χ0v) is 18.8. The number of methoxy groups -OCH3 is 1. The van der Waals surface area contributed by atoms with Crippen molar-refractivity contribution in [3.8, 4) is 28.5 Å². The van der Waals surface area contributed by atoms with Crippen molar-refractivity contribution in [1.82, 2.24) is 10.1 Å². The number of anilines is 1. The third-order valence-corrected chi connectivity index (χ3v) is 5.59. The molecule has 0 saturated carbocycles. The molecule has 0 bridgehead atoms. The van der Waals surface area contributed by atoms with Crippen molar-refractivity contribution in [3.63, 3.8) is 0 Å². The lowest BCUT2D eigenvalue weighted by atomic mass is 10.1. The van der Waals surface area contributed by atoms with Crippen LogP contribution >= 0.6 is 11.3 Å². The molecule has 4 rings (SSSR count). The van der Waals surface area contributed by atoms with E-state index in [0.717, 1.165) is 11.3 Å². The topological polar surface area (TPSA) is 117 Å². The Balaban J connectivity index is 1.42. The van der Waals surface area contributed by atoms with Gasteiger partial charge in [0.1, 0.15) is 22.1 Å². The van der Waals surface area contributed by atoms with Crippen LogP contribution in [0, 0.1) is 0 Å². The van der Waals surface area contributed by atoms with Gasteiger partial charge in [0.25, 0.3) is 0 Å². The maximum Gasteiger partial charge on any atom is 0.341 e. The lowest BCUT2D eigenvalue weighted by molar-refractivity contribution is -0.116. The quantitative estimate of drug-likeness (QED) is 0.348. The second-order valence-corrected chi connectivity index (χ2v) is 7.72. The van der Waals surface area contributed by atoms with E-state index >= 15 is 0 Å². The molecule has 1 amide bonds. The zero-order chi connectivity index (χ0) is 23.2. The number of thiophene rings is 1. The van der Waals surface area contributed by atoms with E-state index in [9.17, 15) is 9.59 Å². The average Bonchev–Trinajstić information content (AvgIpc) is 3.58. The first-order valence-corrected chi connectivity index (χ1v) is 11.1. The summed E-state index contributed by atoms with van der Waals surface area (Å²) in [6, 6.07) is 10.7. The van der Waals surface area contributed by atoms with Crippen LogP contribution < -0.4 is 10.1 Å². The van der Waals surface area contributed by atoms with E-state index in [1.807, 2.05) is 12.1 Å². The number of benzene rings is 1. The van der Waals surface area contributed by atoms with Gasteiger partial charge in [-0.05, 0) is 43.3 Å². The third kappa shape index (κ3) is 5.12. The second kappa shape index (κ2) is 10.1. The van der Waals surface area contributed by atoms with Gasteiger partial charge in [0, 0.05) is 29.3 Å². The number of aromatic nitrogens is 2. The first kappa shape index (κ1) is 22.3. The van der Waals surface area contributed by atoms with Crippen LogP contribution in [0.5, 0.6) is 5.75 Å². The van der Waals surface area contributed by atoms with Gasteiger partial charge in [-0.1, -0.05) is 5.16 Å². The molecule has 0 aliphatic heterocycles. The highest BCUT2D eigenvalue weighted by atomic mass is 32.1. The smallest absolute Gasteiger partial charge is 0.341 e. The fourth-order valence-corrected chi connectivity index (χ4v) is 4.05. The number of hydrogen-bond donors (Lipinski definition) is 1. The fraction of sp³-hybridized carbons (Fsp3) is 0.217. The maximum atomic E-state index is 12.6. The van der Waals surface area contributed by atoms with Crippen molar-refractivity contribution < 1.29 is 28.0 Å². The summed E-state index contributed by atoms with van der Waals surface area (Å²) in [5.74, 6) is 1.19. The molecule has 1 N–H and O–H groups in total. The summed E-state index contributed by atoms with van der Waals surface area (Å²) in [5.41, 5.74) is 1.61. The molecule has 9 nitrogen and oxygen atoms in total. The van der Waals surface area contributed by atoms with Crippen LogP contribution in [-0.2, 0) is 16.0 Å². The Hall–Kier alpha value is -3.92. The normalized spacial score (nSPS) is 10.7. The Kier molecular flexibility index (Phi) is 6.84. The summed E-state index contributed by atoms with van der Waals surface area (Å²) < 4.78 is 21.0. The summed E-state index contributed by atoms with van der Waals surface area (Å²) in [6.45, 7) is 1.94. The number of esters is 1. The molecule has 0 unspecified atom stereocenters. The third-order valence-electron chi connectivity index (χ3n) is 4.69. The summed E-state index contributed by atoms with van der Waals surface area (Å²) in [7, 11) is 1.59. The van der Waals surface area contributed by atoms with Crippen LogP contribution in [0.2, 0.25) is 0 Å². The molecule has 3 heterocycles. The van der Waals surface area contributed by atoms with E-state index < -0.39 is 5.97 Å². The number of rotatable bonds is 9. The standard InChI is InChI=1S/C23H21N3O6S/c1-3-30-23(28)20-16(17-5-4-12-31-17)13-33-22(20)24-18(27)10-11-19-25-21(26-32-19)14-6-8-15(29-2)9-7-14/h4-9,12-13H,3,10-11H2,1-2H3,(H,24,27). The summed E-state index contributed by atoms with van der Waals surface area (Å²) in [4.78, 5) is 29.4. The fourth-order valence-electron chi connectivity index (χ4n) is 3.09. The molecule has 0 aliphatic rings. The first-order valence-electron chi connectivity index (χ1n) is 10.2. The molecule has 10 heteroatoms. The minimum atomic E-state index is -0.526. The molecule has 0 fully saturated rings. The van der Waals surface area contributed by atoms with Gasteiger partial charge in [0.05, 0.1) is 20.0 Å². The maximum absolute atomic E-state index is 12.6. The molecule has 3 aromatic heterocycles. The number of amides is 1. The van der Waals surface area contributed by atoms with Crippen LogP contribution in [-0.4, -0.2) is 35.7 Å². The van der Waals surface area contributed by atoms with Crippen LogP contribution in [0.15, 0.2) is 57.0 Å². The number of nitrogens with one attached hydrogen (secondary N) is 1. The summed E-state index contributed by atoms with van der Waals surface area (Å²) in [6.07, 6.45) is 1.87. The summed E-state index contributed by atoms with van der Waals surface area (Å²) >= 11 is 1.23. The highest BCUT2D eigenvalue weighted by Crippen LogP contribution is 2.36. The van der Waals surface area contributed by atoms with Crippen molar-refractivity contribution in [2.75, 3.05) is 19.0 Å². The van der Waals surface area contributed by atoms with Crippen LogP contribution in [0.4, 0.5) is 5.00 Å². The van der Waals surface area contributed by atoms with E-state index in [1.165, 1.54) is 17.6 Å². The lowest BCUT2D eigenvalue weighted by Gasteiger charge is -2.07. The second-order valence-electron chi connectivity index (χ2n) is 6.84. The van der Waals surface area contributed by atoms with Gasteiger partial charge in [-0.2, -0.15) is 4.98 Å². The average molecular weight is 468 g/mol. The number of aryl methyl sites for hydroxylation is 1. The number of carbonyl (C=O) groups excluding carboxylic acids is 2. The molecule has 1 aromatic carbocycles. The number of hydrogen-bond acceptors (Lipinski definition) is 9. The van der Waals surface area contributed by atoms with E-state index in [1.54, 1.807) is 43.7 Å². The zero-order valence-electron chi connectivity index (χ0n) is 18.0. The van der Waals surface area contributed by atoms with E-state index in [0.29, 0.717) is 28.0 Å². The monoisotopic (exact) mass is 467 g/mol. The predicted octanol–water partition coefficient (Wildman–Crippen LogP) is 4.81. The Labute approximate surface area is 193 Å². The van der Waals surface area contributed by atoms with Gasteiger partial charge in [-0.15, -0.1) is 11.3 Å². The van der Waals surface area contributed by atoms with Crippen molar-refractivity contribution in [2.45, 2.75) is 19.8 Å². The van der Waals surface area contributed by atoms with Crippen LogP contribution in [0.25, 0.3) is 22.7 Å². The Morgan fingerprint density at radius 1 is 1.18 bits per heavy atom. The number of furan rings is 1. The van der Waals surface area contributed by atoms with Crippen molar-refractivity contribution in [2.24, 2.45) is 0 Å². The minimum absolute atomic E-state index is 0.0977. The van der Waals surface area contributed by atoms with Gasteiger partial charge in [0.15, 0.2) is 0 Å². The molecule has 4 aromatic rings. The number of nitrogens with zero attached hydrogens (tertiary/aromatic N) is 2. The van der Waals surface area contributed by atoms with E-state index in [4.69, 9.17) is 18.4 Å². The predicted molar refractivity (Wildman–Crippen MR) is 121 cm³/mol. The first-order chi connectivity index (χ1) is 16.1. The SMILES string of the molecule is CCOC(=O)c1c(-c2ccco2)csc1NC(=O)CCc1nc(-c2ccc(OC)cc2)no1. The summed E-state index contributed by atoms with van der Waals surface area (Å²) in [5, 5.41) is 8.90. The van der Waals surface area contributed by atoms with Crippen LogP contribution in [0.1, 0.15) is 29.6 Å². The van der Waals surface area contributed by atoms with Gasteiger partial charge in [0.2, 0.25) is 17.6 Å². The lowest BCUT2D eigenvalue weighted by Crippen LogP contribution is -2.15. The molecule has 0 radical (unpaired) electrons. The molecule has 33 heavy (non-hydrogen) atoms. The Morgan fingerprint density at radius 3 is 2.70 bits per heavy atom. The van der Waals surface area contributed by atoms with Crippen molar-refractivity contribution in [3.05, 3.63) is 59.5 Å². The highest BCUT2D eigenvalue weighted by Gasteiger charge is 2.24. The molecule has 0 saturated heterocycles. The van der Waals surface area contributed by atoms with Gasteiger partial charge in [-0.3, -0.25) is 4.79 Å². The molecule has 0 spiro atoms. The molecular formula is C23H21N3O6S. The number of ether oxygens (including phenoxy) is 2. The van der Waals surface area contributed by atoms with Crippen LogP contribution in [0.3, 0.4) is 0 Å². The molecule has 170 valence electrons. The Morgan fingerprint density at radius 2 is 2.00 bits per heavy atom. The van der Waals surface area contributed by atoms with Gasteiger partial charge in [-0.25, -0.2) is 4.79 Å². The van der Waals surface area contributed by atoms with Crippen molar-refractivity contribution in [1.29, 1.82) is 0 Å². The minimum Gasteiger partial charge on any atom is -0.497 e. The number of carbonyl (C=O) groups is 2.